The highest BCUT2D eigenvalue weighted by molar-refractivity contribution is 6.32. The molecule has 0 radical (unpaired) electrons. The molecule has 1 heterocycles. The number of carbonyl (C=O) groups is 1. The van der Waals surface area contributed by atoms with E-state index in [1.165, 1.54) is 0 Å². The molecule has 1 N–H and O–H groups in total. The minimum absolute atomic E-state index is 0.290. The number of carbonyl (C=O) groups excluding carboxylic acids is 1. The number of rotatable bonds is 5. The van der Waals surface area contributed by atoms with Crippen LogP contribution in [0.2, 0.25) is 0 Å². The fraction of sp³-hybridized carbons (Fsp3) is 0.429. The lowest BCUT2D eigenvalue weighted by Gasteiger charge is -2.10. The summed E-state index contributed by atoms with van der Waals surface area (Å²) >= 11 is 5.73. The van der Waals surface area contributed by atoms with Gasteiger partial charge in [-0.05, 0) is 39.2 Å². The molecule has 1 unspecified atom stereocenters. The maximum Gasteiger partial charge on any atom is 0.419 e. The summed E-state index contributed by atoms with van der Waals surface area (Å²) in [5, 5.41) is 2.07. The van der Waals surface area contributed by atoms with Gasteiger partial charge >= 0.3 is 5.76 Å². The van der Waals surface area contributed by atoms with Crippen molar-refractivity contribution in [2.45, 2.75) is 18.8 Å². The van der Waals surface area contributed by atoms with Crippen LogP contribution in [0.4, 0.5) is 5.69 Å². The fourth-order valence-electron chi connectivity index (χ4n) is 1.89. The maximum absolute atomic E-state index is 11.9. The molecule has 1 aromatic heterocycles. The summed E-state index contributed by atoms with van der Waals surface area (Å²) in [5.41, 5.74) is 1.73. The van der Waals surface area contributed by atoms with Crippen molar-refractivity contribution in [3.8, 4) is 0 Å². The molecule has 0 bridgehead atoms. The van der Waals surface area contributed by atoms with Crippen LogP contribution < -0.4 is 11.1 Å². The van der Waals surface area contributed by atoms with Crippen LogP contribution in [0.5, 0.6) is 0 Å². The second kappa shape index (κ2) is 6.32. The molecule has 6 nitrogen and oxygen atoms in total. The molecule has 0 saturated carbocycles. The lowest BCUT2D eigenvalue weighted by Crippen LogP contribution is -2.23. The summed E-state index contributed by atoms with van der Waals surface area (Å²) in [7, 11) is 3.86. The molecule has 2 rings (SSSR count). The zero-order valence-corrected chi connectivity index (χ0v) is 13.0. The van der Waals surface area contributed by atoms with Gasteiger partial charge in [-0.3, -0.25) is 9.36 Å². The number of anilines is 1. The van der Waals surface area contributed by atoms with Crippen LogP contribution in [0.1, 0.15) is 6.92 Å². The van der Waals surface area contributed by atoms with Crippen molar-refractivity contribution in [2.75, 3.05) is 26.0 Å². The highest BCUT2D eigenvalue weighted by Crippen LogP contribution is 2.19. The van der Waals surface area contributed by atoms with Crippen LogP contribution in [-0.2, 0) is 11.3 Å². The van der Waals surface area contributed by atoms with E-state index in [9.17, 15) is 9.59 Å². The molecule has 0 aliphatic heterocycles. The van der Waals surface area contributed by atoms with Crippen molar-refractivity contribution in [3.05, 3.63) is 28.7 Å². The fourth-order valence-corrected chi connectivity index (χ4v) is 1.95. The lowest BCUT2D eigenvalue weighted by atomic mass is 10.2. The molecule has 114 valence electrons. The van der Waals surface area contributed by atoms with Crippen molar-refractivity contribution >= 4 is 34.3 Å². The predicted octanol–water partition coefficient (Wildman–Crippen LogP) is 1.72. The Bertz CT molecular complexity index is 703. The van der Waals surface area contributed by atoms with E-state index in [4.69, 9.17) is 16.0 Å². The zero-order valence-electron chi connectivity index (χ0n) is 12.2. The number of hydrogen-bond donors (Lipinski definition) is 1. The highest BCUT2D eigenvalue weighted by atomic mass is 35.5. The van der Waals surface area contributed by atoms with Gasteiger partial charge in [0, 0.05) is 18.8 Å². The molecule has 1 atom stereocenters. The second-order valence-electron chi connectivity index (χ2n) is 5.11. The van der Waals surface area contributed by atoms with E-state index in [2.05, 4.69) is 5.32 Å². The SMILES string of the molecule is CC(Cl)C(=O)Nc1ccc2oc(=O)n(CCN(C)C)c2c1. The molecule has 7 heteroatoms. The van der Waals surface area contributed by atoms with Crippen molar-refractivity contribution in [1.29, 1.82) is 0 Å². The normalized spacial score (nSPS) is 12.8. The first kappa shape index (κ1) is 15.6. The number of hydrogen-bond acceptors (Lipinski definition) is 4. The number of aromatic nitrogens is 1. The van der Waals surface area contributed by atoms with E-state index in [0.29, 0.717) is 29.9 Å². The molecular formula is C14H18ClN3O3. The molecule has 0 spiro atoms. The van der Waals surface area contributed by atoms with Crippen LogP contribution >= 0.6 is 11.6 Å². The quantitative estimate of drug-likeness (QED) is 0.854. The van der Waals surface area contributed by atoms with E-state index in [0.717, 1.165) is 0 Å². The van der Waals surface area contributed by atoms with Gasteiger partial charge in [-0.2, -0.15) is 0 Å². The summed E-state index contributed by atoms with van der Waals surface area (Å²) in [6.45, 7) is 2.83. The number of oxazole rings is 1. The Hall–Kier alpha value is -1.79. The molecule has 2 aromatic rings. The van der Waals surface area contributed by atoms with Crippen molar-refractivity contribution in [3.63, 3.8) is 0 Å². The number of likely N-dealkylation sites (N-methyl/N-ethyl adjacent to an activating group) is 1. The van der Waals surface area contributed by atoms with Gasteiger partial charge in [0.15, 0.2) is 5.58 Å². The molecule has 1 aromatic carbocycles. The summed E-state index contributed by atoms with van der Waals surface area (Å²) in [4.78, 5) is 25.5. The third kappa shape index (κ3) is 3.65. The average molecular weight is 312 g/mol. The third-order valence-corrected chi connectivity index (χ3v) is 3.27. The standard InChI is InChI=1S/C14H18ClN3O3/c1-9(15)13(19)16-10-4-5-12-11(8-10)18(14(20)21-12)7-6-17(2)3/h4-5,8-9H,6-7H2,1-3H3,(H,16,19). The summed E-state index contributed by atoms with van der Waals surface area (Å²) in [6, 6.07) is 5.06. The zero-order chi connectivity index (χ0) is 15.6. The molecular weight excluding hydrogens is 294 g/mol. The monoisotopic (exact) mass is 311 g/mol. The van der Waals surface area contributed by atoms with Crippen LogP contribution in [0.15, 0.2) is 27.4 Å². The Morgan fingerprint density at radius 2 is 2.19 bits per heavy atom. The van der Waals surface area contributed by atoms with Crippen molar-refractivity contribution in [2.24, 2.45) is 0 Å². The van der Waals surface area contributed by atoms with E-state index in [1.54, 1.807) is 29.7 Å². The van der Waals surface area contributed by atoms with Crippen molar-refractivity contribution < 1.29 is 9.21 Å². The number of alkyl halides is 1. The molecule has 1 amide bonds. The Kier molecular flexibility index (Phi) is 4.69. The summed E-state index contributed by atoms with van der Waals surface area (Å²) in [5.74, 6) is -0.692. The van der Waals surface area contributed by atoms with Crippen LogP contribution in [-0.4, -0.2) is 41.4 Å². The van der Waals surface area contributed by atoms with E-state index >= 15 is 0 Å². The average Bonchev–Trinajstić information content (AvgIpc) is 2.71. The number of nitrogens with one attached hydrogen (secondary N) is 1. The molecule has 21 heavy (non-hydrogen) atoms. The van der Waals surface area contributed by atoms with E-state index in [-0.39, 0.29) is 5.91 Å². The Labute approximate surface area is 127 Å². The molecule has 0 fully saturated rings. The molecule has 0 aliphatic carbocycles. The first-order chi connectivity index (χ1) is 9.88. The Morgan fingerprint density at radius 1 is 1.48 bits per heavy atom. The maximum atomic E-state index is 11.9. The number of amides is 1. The lowest BCUT2D eigenvalue weighted by molar-refractivity contribution is -0.115. The predicted molar refractivity (Wildman–Crippen MR) is 83.0 cm³/mol. The number of fused-ring (bicyclic) bond motifs is 1. The second-order valence-corrected chi connectivity index (χ2v) is 5.77. The van der Waals surface area contributed by atoms with Gasteiger partial charge in [0.25, 0.3) is 0 Å². The molecule has 0 aliphatic rings. The van der Waals surface area contributed by atoms with Gasteiger partial charge in [-0.15, -0.1) is 11.6 Å². The van der Waals surface area contributed by atoms with Gasteiger partial charge in [0.05, 0.1) is 5.52 Å². The van der Waals surface area contributed by atoms with Gasteiger partial charge in [-0.1, -0.05) is 0 Å². The van der Waals surface area contributed by atoms with Gasteiger partial charge in [-0.25, -0.2) is 4.79 Å². The first-order valence-corrected chi connectivity index (χ1v) is 7.05. The minimum atomic E-state index is -0.624. The highest BCUT2D eigenvalue weighted by Gasteiger charge is 2.13. The van der Waals surface area contributed by atoms with Gasteiger partial charge in [0.2, 0.25) is 5.91 Å². The number of nitrogens with zero attached hydrogens (tertiary/aromatic N) is 2. The van der Waals surface area contributed by atoms with Crippen LogP contribution in [0, 0.1) is 0 Å². The number of benzene rings is 1. The minimum Gasteiger partial charge on any atom is -0.408 e. The van der Waals surface area contributed by atoms with Crippen LogP contribution in [0.3, 0.4) is 0 Å². The Balaban J connectivity index is 2.34. The van der Waals surface area contributed by atoms with Gasteiger partial charge < -0.3 is 14.6 Å². The topological polar surface area (TPSA) is 67.5 Å². The Morgan fingerprint density at radius 3 is 2.81 bits per heavy atom. The number of halogens is 1. The smallest absolute Gasteiger partial charge is 0.408 e. The van der Waals surface area contributed by atoms with E-state index in [1.807, 2.05) is 19.0 Å². The summed E-state index contributed by atoms with van der Waals surface area (Å²) < 4.78 is 6.74. The van der Waals surface area contributed by atoms with Gasteiger partial charge in [0.1, 0.15) is 5.38 Å². The van der Waals surface area contributed by atoms with Crippen LogP contribution in [0.25, 0.3) is 11.1 Å². The largest absolute Gasteiger partial charge is 0.419 e. The van der Waals surface area contributed by atoms with E-state index < -0.39 is 11.1 Å². The summed E-state index contributed by atoms with van der Waals surface area (Å²) in [6.07, 6.45) is 0. The third-order valence-electron chi connectivity index (χ3n) is 3.07. The van der Waals surface area contributed by atoms with Crippen molar-refractivity contribution in [1.82, 2.24) is 9.47 Å². The molecule has 0 saturated heterocycles. The first-order valence-electron chi connectivity index (χ1n) is 6.61.